The molecule has 0 aromatic heterocycles. The molecule has 0 atom stereocenters. The smallest absolute Gasteiger partial charge is 0.265 e. The number of hydrogen-bond acceptors (Lipinski definition) is 3. The van der Waals surface area contributed by atoms with Crippen LogP contribution < -0.4 is 15.0 Å². The zero-order valence-corrected chi connectivity index (χ0v) is 11.5. The summed E-state index contributed by atoms with van der Waals surface area (Å²) < 4.78 is 18.5. The summed E-state index contributed by atoms with van der Waals surface area (Å²) >= 11 is 0. The van der Waals surface area contributed by atoms with Gasteiger partial charge in [0.15, 0.2) is 6.61 Å². The molecule has 1 heterocycles. The Morgan fingerprint density at radius 1 is 1.50 bits per heavy atom. The number of ether oxygens (including phenoxy) is 1. The first-order valence-electron chi connectivity index (χ1n) is 6.47. The molecule has 2 rings (SSSR count). The van der Waals surface area contributed by atoms with Crippen LogP contribution in [0.3, 0.4) is 0 Å². The molecule has 0 bridgehead atoms. The third kappa shape index (κ3) is 3.26. The summed E-state index contributed by atoms with van der Waals surface area (Å²) in [6.45, 7) is 4.21. The Hall–Kier alpha value is -2.11. The van der Waals surface area contributed by atoms with Gasteiger partial charge in [0.05, 0.1) is 5.69 Å². The molecule has 0 unspecified atom stereocenters. The number of nitrogens with zero attached hydrogens (tertiary/aromatic N) is 1. The van der Waals surface area contributed by atoms with E-state index in [2.05, 4.69) is 5.32 Å². The van der Waals surface area contributed by atoms with Gasteiger partial charge in [-0.1, -0.05) is 13.8 Å². The summed E-state index contributed by atoms with van der Waals surface area (Å²) in [4.78, 5) is 24.9. The van der Waals surface area contributed by atoms with Gasteiger partial charge in [-0.15, -0.1) is 0 Å². The number of nitrogens with one attached hydrogen (secondary N) is 1. The van der Waals surface area contributed by atoms with Crippen LogP contribution in [0.4, 0.5) is 10.1 Å². The zero-order valence-electron chi connectivity index (χ0n) is 11.5. The number of benzene rings is 1. The molecule has 108 valence electrons. The van der Waals surface area contributed by atoms with E-state index in [4.69, 9.17) is 4.74 Å². The molecule has 0 spiro atoms. The van der Waals surface area contributed by atoms with Crippen LogP contribution in [0.25, 0.3) is 0 Å². The molecular weight excluding hydrogens is 263 g/mol. The Morgan fingerprint density at radius 2 is 2.25 bits per heavy atom. The number of amides is 2. The van der Waals surface area contributed by atoms with Crippen molar-refractivity contribution in [2.24, 2.45) is 5.92 Å². The van der Waals surface area contributed by atoms with Crippen LogP contribution in [0.15, 0.2) is 18.2 Å². The lowest BCUT2D eigenvalue weighted by Crippen LogP contribution is -2.45. The van der Waals surface area contributed by atoms with Crippen LogP contribution in [0, 0.1) is 11.7 Å². The summed E-state index contributed by atoms with van der Waals surface area (Å²) in [6.07, 6.45) is 0. The van der Waals surface area contributed by atoms with Gasteiger partial charge in [0.25, 0.3) is 5.91 Å². The van der Waals surface area contributed by atoms with Crippen LogP contribution in [0.1, 0.15) is 13.8 Å². The van der Waals surface area contributed by atoms with Gasteiger partial charge < -0.3 is 10.1 Å². The molecule has 1 aliphatic rings. The summed E-state index contributed by atoms with van der Waals surface area (Å²) in [5, 5.41) is 2.73. The highest BCUT2D eigenvalue weighted by molar-refractivity contribution is 6.02. The van der Waals surface area contributed by atoms with E-state index in [9.17, 15) is 14.0 Å². The van der Waals surface area contributed by atoms with Crippen molar-refractivity contribution in [1.82, 2.24) is 5.32 Å². The van der Waals surface area contributed by atoms with Crippen molar-refractivity contribution in [3.8, 4) is 5.75 Å². The second-order valence-corrected chi connectivity index (χ2v) is 5.08. The highest BCUT2D eigenvalue weighted by Crippen LogP contribution is 2.32. The van der Waals surface area contributed by atoms with Crippen molar-refractivity contribution in [2.45, 2.75) is 13.8 Å². The first kappa shape index (κ1) is 14.3. The molecule has 5 nitrogen and oxygen atoms in total. The van der Waals surface area contributed by atoms with E-state index in [1.165, 1.54) is 23.1 Å². The maximum Gasteiger partial charge on any atom is 0.265 e. The minimum atomic E-state index is -0.477. The number of rotatable bonds is 4. The monoisotopic (exact) mass is 280 g/mol. The Kier molecular flexibility index (Phi) is 4.22. The van der Waals surface area contributed by atoms with E-state index in [1.54, 1.807) is 0 Å². The lowest BCUT2D eigenvalue weighted by atomic mass is 10.2. The minimum absolute atomic E-state index is 0.134. The second kappa shape index (κ2) is 5.90. The predicted molar refractivity (Wildman–Crippen MR) is 72.1 cm³/mol. The van der Waals surface area contributed by atoms with Gasteiger partial charge in [0.2, 0.25) is 5.91 Å². The molecule has 1 N–H and O–H groups in total. The normalized spacial score (nSPS) is 14.0. The summed E-state index contributed by atoms with van der Waals surface area (Å²) in [6, 6.07) is 3.91. The quantitative estimate of drug-likeness (QED) is 0.905. The Morgan fingerprint density at radius 3 is 2.95 bits per heavy atom. The average molecular weight is 280 g/mol. The maximum absolute atomic E-state index is 13.3. The Balaban J connectivity index is 2.13. The summed E-state index contributed by atoms with van der Waals surface area (Å²) in [7, 11) is 0. The van der Waals surface area contributed by atoms with Crippen LogP contribution in [0.5, 0.6) is 5.75 Å². The molecule has 6 heteroatoms. The molecular formula is C14H17FN2O3. The topological polar surface area (TPSA) is 58.6 Å². The molecule has 0 aliphatic carbocycles. The van der Waals surface area contributed by atoms with Gasteiger partial charge in [0.1, 0.15) is 18.1 Å². The Labute approximate surface area is 116 Å². The number of carbonyl (C=O) groups excluding carboxylic acids is 2. The first-order chi connectivity index (χ1) is 9.47. The van der Waals surface area contributed by atoms with Gasteiger partial charge in [0, 0.05) is 12.6 Å². The molecule has 0 saturated heterocycles. The molecule has 0 fully saturated rings. The highest BCUT2D eigenvalue weighted by atomic mass is 19.1. The fourth-order valence-corrected chi connectivity index (χ4v) is 1.87. The van der Waals surface area contributed by atoms with Crippen molar-refractivity contribution in [3.63, 3.8) is 0 Å². The number of fused-ring (bicyclic) bond motifs is 1. The SMILES string of the molecule is CC(C)CNC(=O)CN1C(=O)COc2ccc(F)cc21. The van der Waals surface area contributed by atoms with E-state index in [0.29, 0.717) is 23.9 Å². The van der Waals surface area contributed by atoms with Gasteiger partial charge >= 0.3 is 0 Å². The van der Waals surface area contributed by atoms with E-state index in [0.717, 1.165) is 0 Å². The molecule has 1 aromatic carbocycles. The van der Waals surface area contributed by atoms with Crippen LogP contribution in [0.2, 0.25) is 0 Å². The van der Waals surface area contributed by atoms with Crippen molar-refractivity contribution in [1.29, 1.82) is 0 Å². The van der Waals surface area contributed by atoms with Crippen molar-refractivity contribution in [2.75, 3.05) is 24.6 Å². The average Bonchev–Trinajstić information content (AvgIpc) is 2.40. The van der Waals surface area contributed by atoms with Gasteiger partial charge in [-0.25, -0.2) is 4.39 Å². The number of carbonyl (C=O) groups is 2. The first-order valence-corrected chi connectivity index (χ1v) is 6.47. The Bertz CT molecular complexity index is 531. The fraction of sp³-hybridized carbons (Fsp3) is 0.429. The van der Waals surface area contributed by atoms with Gasteiger partial charge in [-0.2, -0.15) is 0 Å². The highest BCUT2D eigenvalue weighted by Gasteiger charge is 2.27. The molecule has 0 radical (unpaired) electrons. The van der Waals surface area contributed by atoms with Crippen LogP contribution >= 0.6 is 0 Å². The standard InChI is InChI=1S/C14H17FN2O3/c1-9(2)6-16-13(18)7-17-11-5-10(15)3-4-12(11)20-8-14(17)19/h3-5,9H,6-8H2,1-2H3,(H,16,18). The zero-order chi connectivity index (χ0) is 14.7. The van der Waals surface area contributed by atoms with Crippen molar-refractivity contribution in [3.05, 3.63) is 24.0 Å². The van der Waals surface area contributed by atoms with E-state index >= 15 is 0 Å². The van der Waals surface area contributed by atoms with E-state index in [1.807, 2.05) is 13.8 Å². The van der Waals surface area contributed by atoms with Crippen molar-refractivity contribution >= 4 is 17.5 Å². The molecule has 1 aromatic rings. The molecule has 2 amide bonds. The van der Waals surface area contributed by atoms with Crippen molar-refractivity contribution < 1.29 is 18.7 Å². The fourth-order valence-electron chi connectivity index (χ4n) is 1.87. The number of hydrogen-bond donors (Lipinski definition) is 1. The van der Waals surface area contributed by atoms with Gasteiger partial charge in [-0.3, -0.25) is 14.5 Å². The second-order valence-electron chi connectivity index (χ2n) is 5.08. The lowest BCUT2D eigenvalue weighted by molar-refractivity contribution is -0.125. The lowest BCUT2D eigenvalue weighted by Gasteiger charge is -2.28. The minimum Gasteiger partial charge on any atom is -0.482 e. The number of anilines is 1. The van der Waals surface area contributed by atoms with E-state index in [-0.39, 0.29) is 25.0 Å². The van der Waals surface area contributed by atoms with Crippen LogP contribution in [-0.4, -0.2) is 31.5 Å². The predicted octanol–water partition coefficient (Wildman–Crippen LogP) is 1.32. The summed E-state index contributed by atoms with van der Waals surface area (Å²) in [5.41, 5.74) is 0.293. The summed E-state index contributed by atoms with van der Waals surface area (Å²) in [5.74, 6) is -0.381. The number of halogens is 1. The van der Waals surface area contributed by atoms with Gasteiger partial charge in [-0.05, 0) is 18.1 Å². The molecule has 1 aliphatic heterocycles. The molecule has 20 heavy (non-hydrogen) atoms. The third-order valence-electron chi connectivity index (χ3n) is 2.87. The van der Waals surface area contributed by atoms with Crippen LogP contribution in [-0.2, 0) is 9.59 Å². The molecule has 0 saturated carbocycles. The maximum atomic E-state index is 13.3. The largest absolute Gasteiger partial charge is 0.482 e. The third-order valence-corrected chi connectivity index (χ3v) is 2.87. The van der Waals surface area contributed by atoms with E-state index < -0.39 is 5.82 Å².